The van der Waals surface area contributed by atoms with Crippen molar-refractivity contribution in [3.05, 3.63) is 35.9 Å². The molecule has 4 amide bonds. The molecule has 4 N–H and O–H groups in total. The first-order chi connectivity index (χ1) is 20.4. The Labute approximate surface area is 248 Å². The molecule has 1 aromatic rings. The summed E-state index contributed by atoms with van der Waals surface area (Å²) in [6.07, 6.45) is 11.2. The maximum Gasteiger partial charge on any atom is 0.408 e. The minimum absolute atomic E-state index is 0.0648. The maximum absolute atomic E-state index is 13.8. The van der Waals surface area contributed by atoms with Gasteiger partial charge in [-0.15, -0.1) is 0 Å². The van der Waals surface area contributed by atoms with Crippen LogP contribution in [0.25, 0.3) is 0 Å². The smallest absolute Gasteiger partial charge is 0.408 e. The number of amides is 4. The summed E-state index contributed by atoms with van der Waals surface area (Å²) in [5, 5.41) is 11.3. The largest absolute Gasteiger partial charge is 0.445 e. The lowest BCUT2D eigenvalue weighted by atomic mass is 9.82. The molecule has 0 radical (unpaired) electrons. The van der Waals surface area contributed by atoms with E-state index in [0.717, 1.165) is 69.8 Å². The molecule has 10 heteroatoms. The quantitative estimate of drug-likeness (QED) is 0.262. The fourth-order valence-corrected chi connectivity index (χ4v) is 6.61. The van der Waals surface area contributed by atoms with Crippen LogP contribution >= 0.6 is 0 Å². The summed E-state index contributed by atoms with van der Waals surface area (Å²) in [6, 6.07) is 6.83. The molecule has 42 heavy (non-hydrogen) atoms. The van der Waals surface area contributed by atoms with Gasteiger partial charge in [0.15, 0.2) is 0 Å². The van der Waals surface area contributed by atoms with Crippen molar-refractivity contribution in [3.8, 4) is 0 Å². The Morgan fingerprint density at radius 3 is 2.19 bits per heavy atom. The molecule has 1 saturated heterocycles. The van der Waals surface area contributed by atoms with Gasteiger partial charge in [-0.3, -0.25) is 14.4 Å². The number of carbonyl (C=O) groups excluding carboxylic acids is 5. The SMILES string of the molecule is O=C[C@H](C[C@@H]1CCNC1=O)NC(=O)[C@H](CC1CCCCC1)NC(=O)[C@@H](NC(=O)OCc1ccccc1)C1CCCCC1. The molecule has 10 nitrogen and oxygen atoms in total. The summed E-state index contributed by atoms with van der Waals surface area (Å²) >= 11 is 0. The molecular weight excluding hydrogens is 536 g/mol. The van der Waals surface area contributed by atoms with Crippen LogP contribution in [0.2, 0.25) is 0 Å². The summed E-state index contributed by atoms with van der Waals surface area (Å²) in [4.78, 5) is 64.1. The zero-order valence-corrected chi connectivity index (χ0v) is 24.5. The van der Waals surface area contributed by atoms with Crippen LogP contribution in [-0.4, -0.2) is 54.8 Å². The highest BCUT2D eigenvalue weighted by Crippen LogP contribution is 2.29. The van der Waals surface area contributed by atoms with Crippen molar-refractivity contribution in [2.75, 3.05) is 6.54 Å². The Bertz CT molecular complexity index is 1050. The Balaban J connectivity index is 1.43. The van der Waals surface area contributed by atoms with Gasteiger partial charge in [-0.25, -0.2) is 4.79 Å². The van der Waals surface area contributed by atoms with Crippen LogP contribution in [0.4, 0.5) is 4.79 Å². The lowest BCUT2D eigenvalue weighted by Crippen LogP contribution is -2.57. The second-order valence-corrected chi connectivity index (χ2v) is 12.1. The highest BCUT2D eigenvalue weighted by Gasteiger charge is 2.36. The third kappa shape index (κ3) is 9.56. The van der Waals surface area contributed by atoms with Crippen molar-refractivity contribution >= 4 is 30.1 Å². The molecule has 1 aromatic carbocycles. The van der Waals surface area contributed by atoms with Gasteiger partial charge in [0.2, 0.25) is 17.7 Å². The van der Waals surface area contributed by atoms with E-state index >= 15 is 0 Å². The van der Waals surface area contributed by atoms with Crippen LogP contribution in [0.5, 0.6) is 0 Å². The van der Waals surface area contributed by atoms with Gasteiger partial charge in [-0.2, -0.15) is 0 Å². The molecular formula is C32H46N4O6. The molecule has 2 saturated carbocycles. The van der Waals surface area contributed by atoms with Gasteiger partial charge in [0.1, 0.15) is 25.0 Å². The number of hydrogen-bond acceptors (Lipinski definition) is 6. The van der Waals surface area contributed by atoms with E-state index in [1.807, 2.05) is 30.3 Å². The molecule has 4 rings (SSSR count). The number of carbonyl (C=O) groups is 5. The van der Waals surface area contributed by atoms with E-state index in [2.05, 4.69) is 21.3 Å². The van der Waals surface area contributed by atoms with Gasteiger partial charge in [0, 0.05) is 12.5 Å². The Morgan fingerprint density at radius 2 is 1.55 bits per heavy atom. The van der Waals surface area contributed by atoms with Crippen LogP contribution in [0, 0.1) is 17.8 Å². The van der Waals surface area contributed by atoms with Gasteiger partial charge in [0.25, 0.3) is 0 Å². The van der Waals surface area contributed by atoms with Gasteiger partial charge < -0.3 is 30.8 Å². The van der Waals surface area contributed by atoms with Crippen molar-refractivity contribution in [3.63, 3.8) is 0 Å². The topological polar surface area (TPSA) is 143 Å². The molecule has 1 heterocycles. The monoisotopic (exact) mass is 582 g/mol. The van der Waals surface area contributed by atoms with Crippen LogP contribution in [0.1, 0.15) is 89.0 Å². The number of aldehydes is 1. The fourth-order valence-electron chi connectivity index (χ4n) is 6.61. The molecule has 4 atom stereocenters. The summed E-state index contributed by atoms with van der Waals surface area (Å²) in [5.41, 5.74) is 0.843. The second-order valence-electron chi connectivity index (χ2n) is 12.1. The molecule has 230 valence electrons. The van der Waals surface area contributed by atoms with E-state index in [0.29, 0.717) is 25.7 Å². The molecule has 1 aliphatic heterocycles. The number of benzene rings is 1. The molecule has 3 fully saturated rings. The highest BCUT2D eigenvalue weighted by molar-refractivity contribution is 5.92. The Kier molecular flexibility index (Phi) is 12.2. The van der Waals surface area contributed by atoms with Gasteiger partial charge in [-0.05, 0) is 49.5 Å². The van der Waals surface area contributed by atoms with Gasteiger partial charge >= 0.3 is 6.09 Å². The predicted octanol–water partition coefficient (Wildman–Crippen LogP) is 3.53. The summed E-state index contributed by atoms with van der Waals surface area (Å²) in [7, 11) is 0. The Morgan fingerprint density at radius 1 is 0.857 bits per heavy atom. The van der Waals surface area contributed by atoms with Crippen LogP contribution in [0.15, 0.2) is 30.3 Å². The van der Waals surface area contributed by atoms with E-state index in [9.17, 15) is 24.0 Å². The van der Waals surface area contributed by atoms with Crippen LogP contribution < -0.4 is 21.3 Å². The van der Waals surface area contributed by atoms with Crippen molar-refractivity contribution in [1.82, 2.24) is 21.3 Å². The number of nitrogens with one attached hydrogen (secondary N) is 4. The normalized spacial score (nSPS) is 21.8. The molecule has 3 aliphatic rings. The third-order valence-corrected chi connectivity index (χ3v) is 9.01. The molecule has 0 spiro atoms. The summed E-state index contributed by atoms with van der Waals surface area (Å²) in [5.74, 6) is -1.06. The maximum atomic E-state index is 13.8. The average Bonchev–Trinajstić information content (AvgIpc) is 3.43. The highest BCUT2D eigenvalue weighted by atomic mass is 16.5. The summed E-state index contributed by atoms with van der Waals surface area (Å²) in [6.45, 7) is 0.650. The molecule has 2 aliphatic carbocycles. The van der Waals surface area contributed by atoms with Crippen LogP contribution in [0.3, 0.4) is 0 Å². The number of ether oxygens (including phenoxy) is 1. The van der Waals surface area contributed by atoms with E-state index in [1.54, 1.807) is 0 Å². The van der Waals surface area contributed by atoms with Crippen molar-refractivity contribution in [1.29, 1.82) is 0 Å². The van der Waals surface area contributed by atoms with E-state index in [-0.39, 0.29) is 36.7 Å². The number of alkyl carbamates (subject to hydrolysis) is 1. The first-order valence-corrected chi connectivity index (χ1v) is 15.7. The van der Waals surface area contributed by atoms with Crippen molar-refractivity contribution < 1.29 is 28.7 Å². The van der Waals surface area contributed by atoms with Crippen molar-refractivity contribution in [2.24, 2.45) is 17.8 Å². The first-order valence-electron chi connectivity index (χ1n) is 15.7. The molecule has 0 unspecified atom stereocenters. The van der Waals surface area contributed by atoms with E-state index < -0.39 is 36.0 Å². The van der Waals surface area contributed by atoms with Gasteiger partial charge in [0.05, 0.1) is 6.04 Å². The zero-order valence-electron chi connectivity index (χ0n) is 24.5. The first kappa shape index (κ1) is 31.5. The Hall–Kier alpha value is -3.43. The lowest BCUT2D eigenvalue weighted by molar-refractivity contribution is -0.132. The van der Waals surface area contributed by atoms with Crippen molar-refractivity contribution in [2.45, 2.75) is 108 Å². The molecule has 0 bridgehead atoms. The predicted molar refractivity (Wildman–Crippen MR) is 157 cm³/mol. The van der Waals surface area contributed by atoms with E-state index in [4.69, 9.17) is 4.74 Å². The third-order valence-electron chi connectivity index (χ3n) is 9.01. The number of hydrogen-bond donors (Lipinski definition) is 4. The molecule has 0 aromatic heterocycles. The number of rotatable bonds is 13. The zero-order chi connectivity index (χ0) is 29.7. The minimum Gasteiger partial charge on any atom is -0.445 e. The standard InChI is InChI=1S/C32H46N4O6/c37-20-26(19-25-16-17-33-29(25)38)34-30(39)27(18-22-10-4-1-5-11-22)35-31(40)28(24-14-8-3-9-15-24)36-32(41)42-21-23-12-6-2-7-13-23/h2,6-7,12-13,20,22,24-28H,1,3-5,8-11,14-19,21H2,(H,33,38)(H,34,39)(H,35,40)(H,36,41)/t25-,26-,27-,28-/m0/s1. The van der Waals surface area contributed by atoms with E-state index in [1.165, 1.54) is 0 Å². The lowest BCUT2D eigenvalue weighted by Gasteiger charge is -2.32. The van der Waals surface area contributed by atoms with Crippen LogP contribution in [-0.2, 0) is 30.5 Å². The summed E-state index contributed by atoms with van der Waals surface area (Å²) < 4.78 is 5.43. The minimum atomic E-state index is -0.853. The fraction of sp³-hybridized carbons (Fsp3) is 0.656. The van der Waals surface area contributed by atoms with Gasteiger partial charge in [-0.1, -0.05) is 81.7 Å². The second kappa shape index (κ2) is 16.3. The average molecular weight is 583 g/mol.